The largest absolute Gasteiger partial charge is 0.388 e. The summed E-state index contributed by atoms with van der Waals surface area (Å²) >= 11 is 3.00. The Labute approximate surface area is 121 Å². The maximum atomic E-state index is 12.0. The van der Waals surface area contributed by atoms with Crippen LogP contribution in [-0.4, -0.2) is 58.6 Å². The number of ether oxygens (including phenoxy) is 1. The van der Waals surface area contributed by atoms with Crippen molar-refractivity contribution >= 4 is 29.0 Å². The highest BCUT2D eigenvalue weighted by molar-refractivity contribution is 8.01. The van der Waals surface area contributed by atoms with E-state index < -0.39 is 6.10 Å². The fourth-order valence-electron chi connectivity index (χ4n) is 1.95. The third-order valence-corrected chi connectivity index (χ3v) is 5.01. The number of thioether (sulfide) groups is 1. The van der Waals surface area contributed by atoms with Gasteiger partial charge < -0.3 is 14.7 Å². The molecule has 0 radical (unpaired) electrons. The number of hydrogen-bond acceptors (Lipinski definition) is 6. The number of carbonyl (C=O) groups is 1. The number of aliphatic hydroxyl groups excluding tert-OH is 1. The number of likely N-dealkylation sites (tertiary alicyclic amines) is 1. The molecule has 106 valence electrons. The molecule has 1 aliphatic heterocycles. The van der Waals surface area contributed by atoms with Crippen LogP contribution in [0.2, 0.25) is 0 Å². The van der Waals surface area contributed by atoms with Crippen LogP contribution < -0.4 is 0 Å². The maximum Gasteiger partial charge on any atom is 0.233 e. The van der Waals surface area contributed by atoms with Gasteiger partial charge in [-0.3, -0.25) is 4.79 Å². The van der Waals surface area contributed by atoms with E-state index in [9.17, 15) is 9.90 Å². The quantitative estimate of drug-likeness (QED) is 0.827. The second-order valence-corrected chi connectivity index (χ2v) is 6.48. The number of carbonyl (C=O) groups excluding carboxylic acids is 1. The van der Waals surface area contributed by atoms with Crippen molar-refractivity contribution in [1.29, 1.82) is 0 Å². The van der Waals surface area contributed by atoms with Gasteiger partial charge in [-0.1, -0.05) is 11.8 Å². The molecule has 0 spiro atoms. The normalized spacial score (nSPS) is 23.0. The van der Waals surface area contributed by atoms with Crippen LogP contribution in [-0.2, 0) is 9.53 Å². The van der Waals surface area contributed by atoms with Gasteiger partial charge in [-0.15, -0.1) is 11.3 Å². The van der Waals surface area contributed by atoms with E-state index in [-0.39, 0.29) is 12.0 Å². The molecule has 2 heterocycles. The minimum Gasteiger partial charge on any atom is -0.388 e. The van der Waals surface area contributed by atoms with Crippen molar-refractivity contribution in [2.24, 2.45) is 0 Å². The zero-order chi connectivity index (χ0) is 13.8. The predicted molar refractivity (Wildman–Crippen MR) is 75.6 cm³/mol. The molecule has 7 heteroatoms. The maximum absolute atomic E-state index is 12.0. The average molecular weight is 302 g/mol. The molecule has 1 amide bonds. The van der Waals surface area contributed by atoms with Crippen LogP contribution in [0.1, 0.15) is 12.6 Å². The van der Waals surface area contributed by atoms with Crippen LogP contribution in [0.5, 0.6) is 0 Å². The molecule has 0 aromatic carbocycles. The fourth-order valence-corrected chi connectivity index (χ4v) is 3.70. The molecule has 5 nitrogen and oxygen atoms in total. The van der Waals surface area contributed by atoms with E-state index in [1.807, 2.05) is 19.2 Å². The van der Waals surface area contributed by atoms with E-state index in [4.69, 9.17) is 4.74 Å². The van der Waals surface area contributed by atoms with Crippen molar-refractivity contribution in [2.75, 3.05) is 25.4 Å². The van der Waals surface area contributed by atoms with Gasteiger partial charge in [0.2, 0.25) is 5.91 Å². The van der Waals surface area contributed by atoms with E-state index in [1.165, 1.54) is 11.8 Å². The third kappa shape index (κ3) is 3.92. The molecule has 1 saturated heterocycles. The zero-order valence-electron chi connectivity index (χ0n) is 11.0. The smallest absolute Gasteiger partial charge is 0.233 e. The summed E-state index contributed by atoms with van der Waals surface area (Å²) in [7, 11) is 0. The summed E-state index contributed by atoms with van der Waals surface area (Å²) in [5, 5.41) is 11.8. The molecule has 19 heavy (non-hydrogen) atoms. The van der Waals surface area contributed by atoms with Gasteiger partial charge in [-0.2, -0.15) is 0 Å². The van der Waals surface area contributed by atoms with Gasteiger partial charge in [0.05, 0.1) is 11.9 Å². The summed E-state index contributed by atoms with van der Waals surface area (Å²) in [5.74, 6) is 0.387. The molecule has 1 fully saturated rings. The molecule has 1 aliphatic rings. The second-order valence-electron chi connectivity index (χ2n) is 4.40. The van der Waals surface area contributed by atoms with Crippen molar-refractivity contribution in [3.63, 3.8) is 0 Å². The highest BCUT2D eigenvalue weighted by Gasteiger charge is 2.34. The Balaban J connectivity index is 1.81. The molecular formula is C12H18N2O3S2. The number of aliphatic hydroxyl groups is 1. The molecule has 0 bridgehead atoms. The number of thiazole rings is 1. The van der Waals surface area contributed by atoms with Crippen molar-refractivity contribution in [3.8, 4) is 0 Å². The molecule has 0 saturated carbocycles. The van der Waals surface area contributed by atoms with Gasteiger partial charge in [0.25, 0.3) is 0 Å². The second kappa shape index (κ2) is 6.69. The van der Waals surface area contributed by atoms with Gasteiger partial charge in [0, 0.05) is 30.8 Å². The summed E-state index contributed by atoms with van der Waals surface area (Å²) < 4.78 is 6.31. The van der Waals surface area contributed by atoms with Gasteiger partial charge in [0.15, 0.2) is 4.34 Å². The zero-order valence-corrected chi connectivity index (χ0v) is 12.7. The predicted octanol–water partition coefficient (Wildman–Crippen LogP) is 1.15. The third-order valence-electron chi connectivity index (χ3n) is 2.89. The number of nitrogens with zero attached hydrogens (tertiary/aromatic N) is 2. The van der Waals surface area contributed by atoms with Crippen molar-refractivity contribution in [2.45, 2.75) is 30.4 Å². The first kappa shape index (κ1) is 14.8. The van der Waals surface area contributed by atoms with Crippen molar-refractivity contribution in [3.05, 3.63) is 11.1 Å². The molecule has 2 rings (SSSR count). The van der Waals surface area contributed by atoms with Gasteiger partial charge in [-0.05, 0) is 13.8 Å². The van der Waals surface area contributed by atoms with E-state index in [0.29, 0.717) is 25.4 Å². The summed E-state index contributed by atoms with van der Waals surface area (Å²) in [5.41, 5.74) is 0.980. The highest BCUT2D eigenvalue weighted by atomic mass is 32.2. The lowest BCUT2D eigenvalue weighted by Crippen LogP contribution is -2.31. The number of aromatic nitrogens is 1. The summed E-state index contributed by atoms with van der Waals surface area (Å²) in [6.07, 6.45) is -0.822. The minimum absolute atomic E-state index is 0.0270. The lowest BCUT2D eigenvalue weighted by atomic mass is 10.3. The Hall–Kier alpha value is -0.630. The first-order valence-corrected chi connectivity index (χ1v) is 8.09. The molecular weight excluding hydrogens is 284 g/mol. The summed E-state index contributed by atoms with van der Waals surface area (Å²) in [6, 6.07) is 0. The Kier molecular flexibility index (Phi) is 5.20. The SMILES string of the molecule is CCO[C@@H]1CN(C(=O)CSc2nc(C)cs2)C[C@H]1O. The monoisotopic (exact) mass is 302 g/mol. The molecule has 1 N–H and O–H groups in total. The minimum atomic E-state index is -0.573. The molecule has 0 unspecified atom stereocenters. The number of amides is 1. The number of β-amino-alcohol motifs (C(OH)–C–C–N with tert-alkyl or cyclic N) is 1. The Bertz CT molecular complexity index is 438. The molecule has 1 aromatic rings. The number of hydrogen-bond donors (Lipinski definition) is 1. The van der Waals surface area contributed by atoms with Gasteiger partial charge in [0.1, 0.15) is 6.10 Å². The fraction of sp³-hybridized carbons (Fsp3) is 0.667. The van der Waals surface area contributed by atoms with Crippen molar-refractivity contribution < 1.29 is 14.6 Å². The van der Waals surface area contributed by atoms with Crippen molar-refractivity contribution in [1.82, 2.24) is 9.88 Å². The summed E-state index contributed by atoms with van der Waals surface area (Å²) in [6.45, 7) is 5.22. The van der Waals surface area contributed by atoms with Crippen LogP contribution in [0.15, 0.2) is 9.72 Å². The Morgan fingerprint density at radius 3 is 3.11 bits per heavy atom. The summed E-state index contributed by atoms with van der Waals surface area (Å²) in [4.78, 5) is 18.0. The molecule has 0 aliphatic carbocycles. The van der Waals surface area contributed by atoms with Crippen LogP contribution >= 0.6 is 23.1 Å². The molecule has 1 aromatic heterocycles. The number of rotatable bonds is 5. The average Bonchev–Trinajstić information content (AvgIpc) is 2.94. The van der Waals surface area contributed by atoms with Gasteiger partial charge in [-0.25, -0.2) is 4.98 Å². The van der Waals surface area contributed by atoms with E-state index in [0.717, 1.165) is 10.0 Å². The Morgan fingerprint density at radius 2 is 2.47 bits per heavy atom. The highest BCUT2D eigenvalue weighted by Crippen LogP contribution is 2.23. The van der Waals surface area contributed by atoms with Crippen LogP contribution in [0, 0.1) is 6.92 Å². The van der Waals surface area contributed by atoms with Crippen LogP contribution in [0.3, 0.4) is 0 Å². The van der Waals surface area contributed by atoms with Crippen LogP contribution in [0.25, 0.3) is 0 Å². The standard InChI is InChI=1S/C12H18N2O3S2/c1-3-17-10-5-14(4-9(10)15)11(16)7-19-12-13-8(2)6-18-12/h6,9-10,15H,3-5,7H2,1-2H3/t9-,10-/m1/s1. The first-order valence-electron chi connectivity index (χ1n) is 6.22. The van der Waals surface area contributed by atoms with Crippen LogP contribution in [0.4, 0.5) is 0 Å². The number of aryl methyl sites for hydroxylation is 1. The van der Waals surface area contributed by atoms with E-state index in [2.05, 4.69) is 4.98 Å². The first-order chi connectivity index (χ1) is 9.10. The lowest BCUT2D eigenvalue weighted by molar-refractivity contribution is -0.127. The topological polar surface area (TPSA) is 62.7 Å². The lowest BCUT2D eigenvalue weighted by Gasteiger charge is -2.15. The Morgan fingerprint density at radius 1 is 1.68 bits per heavy atom. The van der Waals surface area contributed by atoms with E-state index >= 15 is 0 Å². The van der Waals surface area contributed by atoms with E-state index in [1.54, 1.807) is 16.2 Å². The molecule has 2 atom stereocenters. The van der Waals surface area contributed by atoms with Gasteiger partial charge >= 0.3 is 0 Å².